The Kier molecular flexibility index (Phi) is 14.2. The van der Waals surface area contributed by atoms with E-state index in [1.807, 2.05) is 51.1 Å². The van der Waals surface area contributed by atoms with Gasteiger partial charge in [0, 0.05) is 56.8 Å². The van der Waals surface area contributed by atoms with Crippen molar-refractivity contribution in [3.63, 3.8) is 0 Å². The van der Waals surface area contributed by atoms with Crippen LogP contribution in [0.1, 0.15) is 90.6 Å². The van der Waals surface area contributed by atoms with E-state index in [0.29, 0.717) is 31.8 Å². The molecule has 15 heteroatoms. The summed E-state index contributed by atoms with van der Waals surface area (Å²) in [6.07, 6.45) is 4.60. The SMILES string of the molecule is CC1(C)CC(=O)N(CC2CCC(C(=O)NCCNC(=O)[C@@H](N)CCN(C(=O)CO)[C@@H](c3nc(-c4cc(F)ccc4F)cn3Cc3ccccc3)C(C)(C)C)CC2)C1=O. The van der Waals surface area contributed by atoms with Crippen LogP contribution in [0, 0.1) is 34.3 Å². The number of aliphatic hydroxyl groups excluding tert-OH is 1. The van der Waals surface area contributed by atoms with Crippen LogP contribution in [0.25, 0.3) is 11.3 Å². The first-order chi connectivity index (χ1) is 27.4. The van der Waals surface area contributed by atoms with E-state index in [1.165, 1.54) is 9.80 Å². The molecule has 58 heavy (non-hydrogen) atoms. The summed E-state index contributed by atoms with van der Waals surface area (Å²) in [7, 11) is 0. The molecule has 2 atom stereocenters. The van der Waals surface area contributed by atoms with Gasteiger partial charge < -0.3 is 30.9 Å². The zero-order chi connectivity index (χ0) is 42.4. The van der Waals surface area contributed by atoms with Crippen LogP contribution in [0.5, 0.6) is 0 Å². The van der Waals surface area contributed by atoms with Gasteiger partial charge in [0.25, 0.3) is 0 Å². The normalized spacial score (nSPS) is 19.2. The van der Waals surface area contributed by atoms with E-state index in [9.17, 15) is 33.5 Å². The quantitative estimate of drug-likeness (QED) is 0.122. The molecule has 1 saturated carbocycles. The Balaban J connectivity index is 1.18. The molecule has 1 saturated heterocycles. The van der Waals surface area contributed by atoms with Crippen molar-refractivity contribution >= 4 is 29.5 Å². The Hall–Kier alpha value is -5.02. The van der Waals surface area contributed by atoms with Gasteiger partial charge in [0.15, 0.2) is 0 Å². The Morgan fingerprint density at radius 2 is 1.69 bits per heavy atom. The van der Waals surface area contributed by atoms with Gasteiger partial charge in [-0.05, 0) is 67.2 Å². The molecular weight excluding hydrogens is 749 g/mol. The van der Waals surface area contributed by atoms with E-state index in [4.69, 9.17) is 10.7 Å². The van der Waals surface area contributed by atoms with Gasteiger partial charge in [0.1, 0.15) is 24.1 Å². The summed E-state index contributed by atoms with van der Waals surface area (Å²) in [5.41, 5.74) is 5.97. The predicted octanol–water partition coefficient (Wildman–Crippen LogP) is 4.33. The molecule has 5 N–H and O–H groups in total. The largest absolute Gasteiger partial charge is 0.387 e. The third-order valence-electron chi connectivity index (χ3n) is 11.2. The number of amides is 5. The monoisotopic (exact) mass is 805 g/mol. The number of hydrogen-bond acceptors (Lipinski definition) is 8. The fourth-order valence-electron chi connectivity index (χ4n) is 8.00. The van der Waals surface area contributed by atoms with Crippen LogP contribution in [0.3, 0.4) is 0 Å². The van der Waals surface area contributed by atoms with Crippen molar-refractivity contribution in [1.82, 2.24) is 30.0 Å². The van der Waals surface area contributed by atoms with E-state index in [2.05, 4.69) is 10.6 Å². The number of rotatable bonds is 16. The van der Waals surface area contributed by atoms with Gasteiger partial charge in [-0.25, -0.2) is 13.8 Å². The van der Waals surface area contributed by atoms with Gasteiger partial charge in [0.05, 0.1) is 23.2 Å². The third kappa shape index (κ3) is 10.7. The fraction of sp³-hybridized carbons (Fsp3) is 0.535. The molecule has 1 aliphatic carbocycles. The maximum Gasteiger partial charge on any atom is 0.248 e. The second-order valence-electron chi connectivity index (χ2n) is 17.3. The van der Waals surface area contributed by atoms with Crippen molar-refractivity contribution in [2.24, 2.45) is 28.4 Å². The summed E-state index contributed by atoms with van der Waals surface area (Å²) in [4.78, 5) is 72.1. The van der Waals surface area contributed by atoms with Gasteiger partial charge in [0.2, 0.25) is 29.5 Å². The van der Waals surface area contributed by atoms with Crippen molar-refractivity contribution in [2.75, 3.05) is 32.8 Å². The van der Waals surface area contributed by atoms with E-state index >= 15 is 4.39 Å². The van der Waals surface area contributed by atoms with Crippen molar-refractivity contribution in [3.8, 4) is 11.3 Å². The Labute approximate surface area is 338 Å². The molecule has 1 aromatic heterocycles. The van der Waals surface area contributed by atoms with Gasteiger partial charge in [-0.2, -0.15) is 0 Å². The number of nitrogens with two attached hydrogens (primary N) is 1. The van der Waals surface area contributed by atoms with Crippen LogP contribution in [0.15, 0.2) is 54.7 Å². The van der Waals surface area contributed by atoms with Crippen molar-refractivity contribution in [2.45, 2.75) is 91.8 Å². The highest BCUT2D eigenvalue weighted by atomic mass is 19.1. The standard InChI is InChI=1S/C43H57F2N7O6/c1-42(2,3)37(38-49-34(31-21-30(44)15-16-32(31)45)25-50(38)23-27-9-7-6-8-10-27)51(36(55)26-53)20-17-33(46)40(57)48-19-18-47-39(56)29-13-11-28(12-14-29)24-52-35(54)22-43(4,5)41(52)58/h6-10,15-16,21,25,28-29,33,37,53H,11-14,17-20,22-24,26,46H2,1-5H3,(H,47,56)(H,48,57)/t28?,29?,33-,37-/m0/s1. The number of likely N-dealkylation sites (tertiary alicyclic amines) is 1. The van der Waals surface area contributed by atoms with Crippen LogP contribution >= 0.6 is 0 Å². The maximum absolute atomic E-state index is 15.0. The number of nitrogens with zero attached hydrogens (tertiary/aromatic N) is 4. The molecule has 1 aliphatic heterocycles. The molecule has 5 rings (SSSR count). The number of aromatic nitrogens is 2. The second kappa shape index (κ2) is 18.7. The molecule has 0 bridgehead atoms. The Morgan fingerprint density at radius 3 is 2.31 bits per heavy atom. The highest BCUT2D eigenvalue weighted by molar-refractivity contribution is 6.05. The number of imidazole rings is 1. The molecule has 0 unspecified atom stereocenters. The molecule has 314 valence electrons. The first kappa shape index (κ1) is 44.1. The highest BCUT2D eigenvalue weighted by Crippen LogP contribution is 2.40. The minimum Gasteiger partial charge on any atom is -0.387 e. The van der Waals surface area contributed by atoms with E-state index in [0.717, 1.165) is 36.6 Å². The van der Waals surface area contributed by atoms with Crippen molar-refractivity contribution in [1.29, 1.82) is 0 Å². The lowest BCUT2D eigenvalue weighted by Crippen LogP contribution is -2.48. The molecular formula is C43H57F2N7O6. The average molecular weight is 806 g/mol. The van der Waals surface area contributed by atoms with Crippen LogP contribution in [-0.4, -0.2) is 92.8 Å². The lowest BCUT2D eigenvalue weighted by atomic mass is 9.81. The number of imide groups is 1. The van der Waals surface area contributed by atoms with Crippen LogP contribution < -0.4 is 16.4 Å². The third-order valence-corrected chi connectivity index (χ3v) is 11.2. The van der Waals surface area contributed by atoms with Gasteiger partial charge in [-0.15, -0.1) is 0 Å². The Morgan fingerprint density at radius 1 is 1.02 bits per heavy atom. The Bertz CT molecular complexity index is 1960. The summed E-state index contributed by atoms with van der Waals surface area (Å²) in [5, 5.41) is 15.7. The van der Waals surface area contributed by atoms with Gasteiger partial charge >= 0.3 is 0 Å². The molecule has 2 fully saturated rings. The van der Waals surface area contributed by atoms with Crippen LogP contribution in [0.2, 0.25) is 0 Å². The summed E-state index contributed by atoms with van der Waals surface area (Å²) in [5.74, 6) is -2.47. The molecule has 0 radical (unpaired) electrons. The average Bonchev–Trinajstić information content (AvgIpc) is 3.67. The number of carbonyl (C=O) groups excluding carboxylic acids is 5. The molecule has 2 aliphatic rings. The number of halogens is 2. The number of hydrogen-bond donors (Lipinski definition) is 4. The van der Waals surface area contributed by atoms with E-state index in [-0.39, 0.29) is 73.3 Å². The lowest BCUT2D eigenvalue weighted by molar-refractivity contribution is -0.142. The van der Waals surface area contributed by atoms with E-state index in [1.54, 1.807) is 24.6 Å². The van der Waals surface area contributed by atoms with Crippen LogP contribution in [0.4, 0.5) is 8.78 Å². The summed E-state index contributed by atoms with van der Waals surface area (Å²) in [6, 6.07) is 10.7. The molecule has 2 aromatic carbocycles. The summed E-state index contributed by atoms with van der Waals surface area (Å²) in [6.45, 7) is 9.40. The zero-order valence-corrected chi connectivity index (χ0v) is 34.1. The fourth-order valence-corrected chi connectivity index (χ4v) is 8.00. The van der Waals surface area contributed by atoms with Gasteiger partial charge in [-0.1, -0.05) is 65.0 Å². The lowest BCUT2D eigenvalue weighted by Gasteiger charge is -2.40. The summed E-state index contributed by atoms with van der Waals surface area (Å²) < 4.78 is 31.1. The number of benzene rings is 2. The van der Waals surface area contributed by atoms with Crippen molar-refractivity contribution in [3.05, 3.63) is 77.8 Å². The summed E-state index contributed by atoms with van der Waals surface area (Å²) >= 11 is 0. The predicted molar refractivity (Wildman–Crippen MR) is 213 cm³/mol. The first-order valence-corrected chi connectivity index (χ1v) is 20.0. The molecule has 2 heterocycles. The molecule has 13 nitrogen and oxygen atoms in total. The first-order valence-electron chi connectivity index (χ1n) is 20.0. The smallest absolute Gasteiger partial charge is 0.248 e. The second-order valence-corrected chi connectivity index (χ2v) is 17.3. The van der Waals surface area contributed by atoms with E-state index < -0.39 is 53.0 Å². The number of nitrogens with one attached hydrogen (secondary N) is 2. The molecule has 3 aromatic rings. The van der Waals surface area contributed by atoms with Gasteiger partial charge in [-0.3, -0.25) is 28.9 Å². The van der Waals surface area contributed by atoms with Crippen molar-refractivity contribution < 1.29 is 37.9 Å². The minimum absolute atomic E-state index is 0.0245. The number of carbonyl (C=O) groups is 5. The number of aliphatic hydroxyl groups is 1. The van der Waals surface area contributed by atoms with Crippen LogP contribution in [-0.2, 0) is 30.5 Å². The molecule has 0 spiro atoms. The maximum atomic E-state index is 15.0. The topological polar surface area (TPSA) is 180 Å². The highest BCUT2D eigenvalue weighted by Gasteiger charge is 2.45. The molecule has 5 amide bonds. The minimum atomic E-state index is -1.04. The zero-order valence-electron chi connectivity index (χ0n) is 34.1.